The fraction of sp³-hybridized carbons (Fsp3) is 0.400. The van der Waals surface area contributed by atoms with Crippen LogP contribution in [0.5, 0.6) is 0 Å². The Morgan fingerprint density at radius 3 is 2.81 bits per heavy atom. The molecule has 1 amide bonds. The van der Waals surface area contributed by atoms with Crippen LogP contribution in [0.25, 0.3) is 6.08 Å². The summed E-state index contributed by atoms with van der Waals surface area (Å²) in [4.78, 5) is 26.6. The summed E-state index contributed by atoms with van der Waals surface area (Å²) in [5.41, 5.74) is 0.144. The molecule has 1 aliphatic carbocycles. The normalized spacial score (nSPS) is 16.4. The van der Waals surface area contributed by atoms with Crippen LogP contribution in [0.4, 0.5) is 5.82 Å². The molecule has 1 heterocycles. The lowest BCUT2D eigenvalue weighted by molar-refractivity contribution is -0.131. The number of methoxy groups -OCH3 is 1. The van der Waals surface area contributed by atoms with Gasteiger partial charge in [0.2, 0.25) is 5.91 Å². The van der Waals surface area contributed by atoms with E-state index in [1.807, 2.05) is 0 Å². The number of nitrogens with zero attached hydrogens (tertiary/aromatic N) is 1. The number of carboxylic acid groups (broad SMARTS) is 1. The molecule has 1 fully saturated rings. The van der Waals surface area contributed by atoms with Crippen molar-refractivity contribution in [3.8, 4) is 0 Å². The average Bonchev–Trinajstić information content (AvgIpc) is 2.41. The molecule has 1 aromatic rings. The van der Waals surface area contributed by atoms with Crippen molar-refractivity contribution in [3.05, 3.63) is 30.0 Å². The second kappa shape index (κ2) is 6.49. The number of ether oxygens (including phenoxy) is 1. The Bertz CT molecular complexity index is 559. The third-order valence-electron chi connectivity index (χ3n) is 3.62. The maximum absolute atomic E-state index is 12.0. The maximum Gasteiger partial charge on any atom is 0.328 e. The van der Waals surface area contributed by atoms with Gasteiger partial charge in [-0.1, -0.05) is 6.07 Å². The van der Waals surface area contributed by atoms with Gasteiger partial charge in [-0.2, -0.15) is 0 Å². The summed E-state index contributed by atoms with van der Waals surface area (Å²) in [6.45, 7) is 0. The zero-order chi connectivity index (χ0) is 15.3. The van der Waals surface area contributed by atoms with Gasteiger partial charge in [-0.15, -0.1) is 0 Å². The van der Waals surface area contributed by atoms with Crippen molar-refractivity contribution in [2.24, 2.45) is 0 Å². The smallest absolute Gasteiger partial charge is 0.328 e. The molecule has 2 rings (SSSR count). The van der Waals surface area contributed by atoms with E-state index in [1.54, 1.807) is 25.3 Å². The predicted octanol–water partition coefficient (Wildman–Crippen LogP) is 2.08. The summed E-state index contributed by atoms with van der Waals surface area (Å²) < 4.78 is 5.41. The molecular formula is C15H18N2O4. The van der Waals surface area contributed by atoms with Gasteiger partial charge >= 0.3 is 5.97 Å². The predicted molar refractivity (Wildman–Crippen MR) is 77.7 cm³/mol. The first-order valence-corrected chi connectivity index (χ1v) is 6.76. The van der Waals surface area contributed by atoms with Gasteiger partial charge < -0.3 is 15.2 Å². The highest BCUT2D eigenvalue weighted by Gasteiger charge is 2.39. The Hall–Kier alpha value is -2.21. The topological polar surface area (TPSA) is 88.5 Å². The maximum atomic E-state index is 12.0. The second-order valence-electron chi connectivity index (χ2n) is 5.08. The molecule has 1 aliphatic rings. The van der Waals surface area contributed by atoms with Crippen LogP contribution in [-0.4, -0.2) is 34.7 Å². The third kappa shape index (κ3) is 4.13. The Morgan fingerprint density at radius 1 is 1.48 bits per heavy atom. The van der Waals surface area contributed by atoms with Crippen LogP contribution in [0.2, 0.25) is 0 Å². The molecule has 0 spiro atoms. The largest absolute Gasteiger partial charge is 0.478 e. The first-order valence-electron chi connectivity index (χ1n) is 6.76. The van der Waals surface area contributed by atoms with Crippen LogP contribution in [0.15, 0.2) is 24.3 Å². The quantitative estimate of drug-likeness (QED) is 0.783. The van der Waals surface area contributed by atoms with Gasteiger partial charge in [-0.3, -0.25) is 4.79 Å². The van der Waals surface area contributed by atoms with Crippen LogP contribution >= 0.6 is 0 Å². The Labute approximate surface area is 122 Å². The molecule has 21 heavy (non-hydrogen) atoms. The van der Waals surface area contributed by atoms with Gasteiger partial charge in [0.05, 0.1) is 17.7 Å². The molecule has 0 saturated heterocycles. The Kier molecular flexibility index (Phi) is 4.70. The number of amides is 1. The molecule has 1 saturated carbocycles. The molecule has 2 N–H and O–H groups in total. The van der Waals surface area contributed by atoms with Gasteiger partial charge in [0, 0.05) is 13.2 Å². The number of nitrogens with one attached hydrogen (secondary N) is 1. The number of carbonyl (C=O) groups is 2. The van der Waals surface area contributed by atoms with Crippen molar-refractivity contribution in [1.82, 2.24) is 4.98 Å². The number of aromatic nitrogens is 1. The summed E-state index contributed by atoms with van der Waals surface area (Å²) in [7, 11) is 1.63. The minimum absolute atomic E-state index is 0.150. The fourth-order valence-electron chi connectivity index (χ4n) is 2.27. The average molecular weight is 290 g/mol. The Balaban J connectivity index is 1.97. The first-order chi connectivity index (χ1) is 10.0. The second-order valence-corrected chi connectivity index (χ2v) is 5.08. The van der Waals surface area contributed by atoms with Crippen LogP contribution in [0.1, 0.15) is 31.4 Å². The van der Waals surface area contributed by atoms with Crippen LogP contribution < -0.4 is 5.32 Å². The number of carbonyl (C=O) groups excluding carboxylic acids is 1. The molecule has 1 aromatic heterocycles. The van der Waals surface area contributed by atoms with Crippen molar-refractivity contribution in [3.63, 3.8) is 0 Å². The molecule has 0 aliphatic heterocycles. The summed E-state index contributed by atoms with van der Waals surface area (Å²) in [6, 6.07) is 5.04. The third-order valence-corrected chi connectivity index (χ3v) is 3.62. The van der Waals surface area contributed by atoms with Gasteiger partial charge in [-0.05, 0) is 37.5 Å². The summed E-state index contributed by atoms with van der Waals surface area (Å²) in [5.74, 6) is -0.792. The molecule has 6 nitrogen and oxygen atoms in total. The zero-order valence-corrected chi connectivity index (χ0v) is 11.8. The van der Waals surface area contributed by atoms with Gasteiger partial charge in [-0.25, -0.2) is 9.78 Å². The van der Waals surface area contributed by atoms with Crippen LogP contribution in [-0.2, 0) is 14.3 Å². The number of rotatable bonds is 6. The van der Waals surface area contributed by atoms with Gasteiger partial charge in [0.25, 0.3) is 0 Å². The number of aliphatic carboxylic acids is 1. The van der Waals surface area contributed by atoms with E-state index in [9.17, 15) is 9.59 Å². The standard InChI is InChI=1S/C15H18N2O4/c1-21-15(8-3-9-15)10-13(18)17-12-5-2-4-11(16-12)6-7-14(19)20/h2,4-7H,3,8-10H2,1H3,(H,19,20)(H,16,17,18)/b7-6+. The van der Waals surface area contributed by atoms with Gasteiger partial charge in [0.1, 0.15) is 5.82 Å². The van der Waals surface area contributed by atoms with Crippen LogP contribution in [0.3, 0.4) is 0 Å². The highest BCUT2D eigenvalue weighted by molar-refractivity contribution is 5.91. The summed E-state index contributed by atoms with van der Waals surface area (Å²) in [6.07, 6.45) is 5.55. The minimum Gasteiger partial charge on any atom is -0.478 e. The van der Waals surface area contributed by atoms with Crippen molar-refractivity contribution < 1.29 is 19.4 Å². The van der Waals surface area contributed by atoms with E-state index in [1.165, 1.54) is 6.08 Å². The van der Waals surface area contributed by atoms with E-state index in [-0.39, 0.29) is 11.5 Å². The Morgan fingerprint density at radius 2 is 2.24 bits per heavy atom. The molecule has 0 aromatic carbocycles. The molecule has 0 radical (unpaired) electrons. The molecule has 0 atom stereocenters. The van der Waals surface area contributed by atoms with E-state index >= 15 is 0 Å². The molecule has 0 bridgehead atoms. The van der Waals surface area contributed by atoms with Crippen molar-refractivity contribution in [2.45, 2.75) is 31.3 Å². The minimum atomic E-state index is -1.04. The number of hydrogen-bond acceptors (Lipinski definition) is 4. The van der Waals surface area contributed by atoms with E-state index in [2.05, 4.69) is 10.3 Å². The van der Waals surface area contributed by atoms with E-state index in [0.29, 0.717) is 17.9 Å². The summed E-state index contributed by atoms with van der Waals surface area (Å²) >= 11 is 0. The number of hydrogen-bond donors (Lipinski definition) is 2. The molecule has 6 heteroatoms. The summed E-state index contributed by atoms with van der Waals surface area (Å²) in [5, 5.41) is 11.3. The van der Waals surface area contributed by atoms with Gasteiger partial charge in [0.15, 0.2) is 0 Å². The van der Waals surface area contributed by atoms with Crippen molar-refractivity contribution in [2.75, 3.05) is 12.4 Å². The lowest BCUT2D eigenvalue weighted by atomic mass is 9.77. The lowest BCUT2D eigenvalue weighted by Crippen LogP contribution is -2.42. The van der Waals surface area contributed by atoms with Crippen molar-refractivity contribution in [1.29, 1.82) is 0 Å². The zero-order valence-electron chi connectivity index (χ0n) is 11.8. The van der Waals surface area contributed by atoms with E-state index < -0.39 is 5.97 Å². The van der Waals surface area contributed by atoms with E-state index in [4.69, 9.17) is 9.84 Å². The van der Waals surface area contributed by atoms with Crippen LogP contribution in [0, 0.1) is 0 Å². The fourth-order valence-corrected chi connectivity index (χ4v) is 2.27. The number of anilines is 1. The SMILES string of the molecule is COC1(CC(=O)Nc2cccc(/C=C/C(=O)O)n2)CCC1. The molecule has 0 unspecified atom stereocenters. The first kappa shape index (κ1) is 15.2. The molecule has 112 valence electrons. The van der Waals surface area contributed by atoms with Crippen molar-refractivity contribution >= 4 is 23.8 Å². The lowest BCUT2D eigenvalue weighted by Gasteiger charge is -2.39. The monoisotopic (exact) mass is 290 g/mol. The molecular weight excluding hydrogens is 272 g/mol. The number of carboxylic acids is 1. The highest BCUT2D eigenvalue weighted by atomic mass is 16.5. The van der Waals surface area contributed by atoms with E-state index in [0.717, 1.165) is 25.3 Å². The number of pyridine rings is 1. The highest BCUT2D eigenvalue weighted by Crippen LogP contribution is 2.38.